The number of imidazole rings is 1. The van der Waals surface area contributed by atoms with Gasteiger partial charge in [0, 0.05) is 37.3 Å². The van der Waals surface area contributed by atoms with Gasteiger partial charge in [0.1, 0.15) is 5.82 Å². The van der Waals surface area contributed by atoms with Crippen LogP contribution in [0.4, 0.5) is 5.82 Å². The third-order valence-electron chi connectivity index (χ3n) is 2.49. The van der Waals surface area contributed by atoms with E-state index in [-0.39, 0.29) is 5.91 Å². The van der Waals surface area contributed by atoms with Gasteiger partial charge in [0.25, 0.3) is 0 Å². The van der Waals surface area contributed by atoms with Gasteiger partial charge in [-0.3, -0.25) is 4.79 Å². The van der Waals surface area contributed by atoms with E-state index in [1.54, 1.807) is 24.0 Å². The summed E-state index contributed by atoms with van der Waals surface area (Å²) >= 11 is 1.57. The average molecular weight is 276 g/mol. The molecule has 2 aromatic rings. The molecule has 100 valence electrons. The van der Waals surface area contributed by atoms with Gasteiger partial charge in [-0.15, -0.1) is 0 Å². The molecule has 0 atom stereocenters. The van der Waals surface area contributed by atoms with E-state index in [2.05, 4.69) is 15.3 Å². The van der Waals surface area contributed by atoms with Gasteiger partial charge in [0.15, 0.2) is 5.16 Å². The molecule has 5 nitrogen and oxygen atoms in total. The Balaban J connectivity index is 1.77. The lowest BCUT2D eigenvalue weighted by Crippen LogP contribution is -2.13. The Labute approximate surface area is 116 Å². The first-order valence-corrected chi connectivity index (χ1v) is 6.97. The normalized spacial score (nSPS) is 10.4. The molecule has 2 heterocycles. The number of aryl methyl sites for hydroxylation is 2. The Morgan fingerprint density at radius 1 is 1.47 bits per heavy atom. The van der Waals surface area contributed by atoms with Crippen molar-refractivity contribution in [3.63, 3.8) is 0 Å². The average Bonchev–Trinajstić information content (AvgIpc) is 2.75. The Hall–Kier alpha value is -1.82. The fourth-order valence-corrected chi connectivity index (χ4v) is 2.41. The van der Waals surface area contributed by atoms with Crippen molar-refractivity contribution < 1.29 is 4.79 Å². The number of nitrogens with zero attached hydrogens (tertiary/aromatic N) is 3. The van der Waals surface area contributed by atoms with Crippen molar-refractivity contribution >= 4 is 23.5 Å². The molecular formula is C13H16N4OS. The number of amides is 1. The van der Waals surface area contributed by atoms with Crippen LogP contribution < -0.4 is 5.32 Å². The fourth-order valence-electron chi connectivity index (χ4n) is 1.54. The number of anilines is 1. The number of hydrogen-bond acceptors (Lipinski definition) is 4. The summed E-state index contributed by atoms with van der Waals surface area (Å²) in [4.78, 5) is 20.2. The molecule has 2 rings (SSSR count). The predicted molar refractivity (Wildman–Crippen MR) is 76.2 cm³/mol. The molecule has 0 aliphatic rings. The number of nitrogens with one attached hydrogen (secondary N) is 1. The van der Waals surface area contributed by atoms with E-state index >= 15 is 0 Å². The van der Waals surface area contributed by atoms with Crippen molar-refractivity contribution in [3.05, 3.63) is 36.3 Å². The van der Waals surface area contributed by atoms with Crippen molar-refractivity contribution in [2.45, 2.75) is 18.5 Å². The number of aromatic nitrogens is 3. The van der Waals surface area contributed by atoms with E-state index < -0.39 is 0 Å². The first-order valence-electron chi connectivity index (χ1n) is 5.99. The summed E-state index contributed by atoms with van der Waals surface area (Å²) in [5.41, 5.74) is 0.889. The molecule has 19 heavy (non-hydrogen) atoms. The smallest absolute Gasteiger partial charge is 0.226 e. The molecule has 0 spiro atoms. The molecule has 0 fully saturated rings. The number of carbonyl (C=O) groups is 1. The molecule has 2 aromatic heterocycles. The molecule has 0 radical (unpaired) electrons. The molecule has 0 aliphatic carbocycles. The molecule has 0 saturated carbocycles. The highest BCUT2D eigenvalue weighted by Crippen LogP contribution is 2.15. The van der Waals surface area contributed by atoms with Gasteiger partial charge in [0.2, 0.25) is 5.91 Å². The van der Waals surface area contributed by atoms with E-state index in [1.807, 2.05) is 36.9 Å². The lowest BCUT2D eigenvalue weighted by Gasteiger charge is -2.05. The Bertz CT molecular complexity index is 567. The molecule has 0 aromatic carbocycles. The number of rotatable bonds is 5. The van der Waals surface area contributed by atoms with Gasteiger partial charge in [-0.2, -0.15) is 0 Å². The molecule has 1 N–H and O–H groups in total. The van der Waals surface area contributed by atoms with E-state index in [4.69, 9.17) is 0 Å². The summed E-state index contributed by atoms with van der Waals surface area (Å²) in [6.45, 7) is 1.90. The van der Waals surface area contributed by atoms with E-state index in [9.17, 15) is 4.79 Å². The highest BCUT2D eigenvalue weighted by atomic mass is 32.2. The van der Waals surface area contributed by atoms with Gasteiger partial charge >= 0.3 is 0 Å². The van der Waals surface area contributed by atoms with E-state index in [0.29, 0.717) is 18.0 Å². The second-order valence-corrected chi connectivity index (χ2v) is 5.19. The van der Waals surface area contributed by atoms with Crippen LogP contribution in [0.3, 0.4) is 0 Å². The van der Waals surface area contributed by atoms with Crippen molar-refractivity contribution in [2.24, 2.45) is 7.05 Å². The number of hydrogen-bond donors (Lipinski definition) is 1. The number of pyridine rings is 1. The van der Waals surface area contributed by atoms with Crippen molar-refractivity contribution in [1.29, 1.82) is 0 Å². The second-order valence-electron chi connectivity index (χ2n) is 4.13. The van der Waals surface area contributed by atoms with Gasteiger partial charge < -0.3 is 9.88 Å². The van der Waals surface area contributed by atoms with Crippen LogP contribution in [0.25, 0.3) is 0 Å². The molecule has 1 amide bonds. The van der Waals surface area contributed by atoms with Crippen LogP contribution in [0.1, 0.15) is 12.1 Å². The van der Waals surface area contributed by atoms with Gasteiger partial charge in [0.05, 0.1) is 0 Å². The van der Waals surface area contributed by atoms with Crippen LogP contribution in [0, 0.1) is 6.92 Å². The maximum Gasteiger partial charge on any atom is 0.226 e. The minimum absolute atomic E-state index is 0.0280. The summed E-state index contributed by atoms with van der Waals surface area (Å²) in [7, 11) is 1.94. The predicted octanol–water partition coefficient (Wildman–Crippen LogP) is 2.24. The summed E-state index contributed by atoms with van der Waals surface area (Å²) in [5.74, 6) is 1.27. The highest BCUT2D eigenvalue weighted by Gasteiger charge is 2.05. The van der Waals surface area contributed by atoms with Crippen molar-refractivity contribution in [3.8, 4) is 0 Å². The standard InChI is InChI=1S/C13H16N4OS/c1-10-4-3-5-11(15-10)16-12(18)6-9-19-13-14-7-8-17(13)2/h3-5,7-8H,6,9H2,1-2H3,(H,15,16,18). The van der Waals surface area contributed by atoms with E-state index in [1.165, 1.54) is 0 Å². The Morgan fingerprint density at radius 2 is 2.32 bits per heavy atom. The molecule has 0 saturated heterocycles. The summed E-state index contributed by atoms with van der Waals surface area (Å²) in [6.07, 6.45) is 4.07. The zero-order valence-electron chi connectivity index (χ0n) is 11.0. The quantitative estimate of drug-likeness (QED) is 0.851. The van der Waals surface area contributed by atoms with Crippen LogP contribution >= 0.6 is 11.8 Å². The Kier molecular flexibility index (Phi) is 4.57. The van der Waals surface area contributed by atoms with Crippen molar-refractivity contribution in [1.82, 2.24) is 14.5 Å². The monoisotopic (exact) mass is 276 g/mol. The maximum atomic E-state index is 11.7. The third-order valence-corrected chi connectivity index (χ3v) is 3.55. The first kappa shape index (κ1) is 13.6. The lowest BCUT2D eigenvalue weighted by atomic mass is 10.3. The fraction of sp³-hybridized carbons (Fsp3) is 0.308. The van der Waals surface area contributed by atoms with Crippen LogP contribution in [-0.2, 0) is 11.8 Å². The lowest BCUT2D eigenvalue weighted by molar-refractivity contribution is -0.115. The van der Waals surface area contributed by atoms with Crippen LogP contribution in [0.15, 0.2) is 35.7 Å². The third kappa shape index (κ3) is 4.10. The molecule has 0 unspecified atom stereocenters. The second kappa shape index (κ2) is 6.38. The largest absolute Gasteiger partial charge is 0.329 e. The maximum absolute atomic E-state index is 11.7. The summed E-state index contributed by atoms with van der Waals surface area (Å²) in [6, 6.07) is 5.56. The van der Waals surface area contributed by atoms with Gasteiger partial charge in [-0.05, 0) is 19.1 Å². The molecule has 0 aliphatic heterocycles. The van der Waals surface area contributed by atoms with Gasteiger partial charge in [-0.1, -0.05) is 17.8 Å². The SMILES string of the molecule is Cc1cccc(NC(=O)CCSc2nccn2C)n1. The number of carbonyl (C=O) groups excluding carboxylic acids is 1. The molecule has 0 bridgehead atoms. The zero-order valence-corrected chi connectivity index (χ0v) is 11.8. The summed E-state index contributed by atoms with van der Waals surface area (Å²) in [5, 5.41) is 3.70. The zero-order chi connectivity index (χ0) is 13.7. The summed E-state index contributed by atoms with van der Waals surface area (Å²) < 4.78 is 1.94. The minimum atomic E-state index is -0.0280. The van der Waals surface area contributed by atoms with Crippen LogP contribution in [0.2, 0.25) is 0 Å². The van der Waals surface area contributed by atoms with E-state index in [0.717, 1.165) is 10.9 Å². The topological polar surface area (TPSA) is 59.8 Å². The Morgan fingerprint density at radius 3 is 3.00 bits per heavy atom. The van der Waals surface area contributed by atoms with Crippen LogP contribution in [-0.4, -0.2) is 26.2 Å². The highest BCUT2D eigenvalue weighted by molar-refractivity contribution is 7.99. The molecular weight excluding hydrogens is 260 g/mol. The molecule has 6 heteroatoms. The minimum Gasteiger partial charge on any atom is -0.329 e. The number of thioether (sulfide) groups is 1. The van der Waals surface area contributed by atoms with Gasteiger partial charge in [-0.25, -0.2) is 9.97 Å². The van der Waals surface area contributed by atoms with Crippen molar-refractivity contribution in [2.75, 3.05) is 11.1 Å². The van der Waals surface area contributed by atoms with Crippen LogP contribution in [0.5, 0.6) is 0 Å². The first-order chi connectivity index (χ1) is 9.15.